The lowest BCUT2D eigenvalue weighted by Crippen LogP contribution is -2.35. The molecule has 1 aromatic carbocycles. The monoisotopic (exact) mass is 191 g/mol. The molecule has 14 heavy (non-hydrogen) atoms. The van der Waals surface area contributed by atoms with Gasteiger partial charge in [0.25, 0.3) is 0 Å². The lowest BCUT2D eigenvalue weighted by Gasteiger charge is -2.20. The Kier molecular flexibility index (Phi) is 3.74. The van der Waals surface area contributed by atoms with Gasteiger partial charge in [0, 0.05) is 24.7 Å². The van der Waals surface area contributed by atoms with Gasteiger partial charge in [-0.1, -0.05) is 24.3 Å². The van der Waals surface area contributed by atoms with Crippen molar-refractivity contribution in [3.05, 3.63) is 36.9 Å². The first-order chi connectivity index (χ1) is 6.66. The zero-order valence-corrected chi connectivity index (χ0v) is 8.22. The quantitative estimate of drug-likeness (QED) is 0.519. The minimum Gasteiger partial charge on any atom is -0.423 e. The number of hydrogen-bond acceptors (Lipinski definition) is 3. The maximum atomic E-state index is 9.12. The highest BCUT2D eigenvalue weighted by atomic mass is 16.4. The summed E-state index contributed by atoms with van der Waals surface area (Å²) in [5.74, 6) is 0. The molecule has 0 saturated heterocycles. The molecule has 2 N–H and O–H groups in total. The van der Waals surface area contributed by atoms with Gasteiger partial charge in [-0.25, -0.2) is 0 Å². The minimum atomic E-state index is -1.43. The zero-order chi connectivity index (χ0) is 10.6. The van der Waals surface area contributed by atoms with E-state index in [4.69, 9.17) is 10.0 Å². The molecule has 0 amide bonds. The number of rotatable bonds is 4. The Hall–Kier alpha value is -1.26. The highest BCUT2D eigenvalue weighted by molar-refractivity contribution is 6.60. The van der Waals surface area contributed by atoms with Crippen LogP contribution in [-0.4, -0.2) is 30.8 Å². The lowest BCUT2D eigenvalue weighted by molar-refractivity contribution is 0.426. The number of para-hydroxylation sites is 1. The predicted octanol–water partition coefficient (Wildman–Crippen LogP) is -0.0114. The van der Waals surface area contributed by atoms with Crippen LogP contribution >= 0.6 is 0 Å². The standard InChI is InChI=1S/C10H14BNO2/c1-3-8-12(2)10-7-5-4-6-9(10)11(13)14/h3-7,13-14H,1,8H2,2H3. The van der Waals surface area contributed by atoms with Gasteiger partial charge in [0.05, 0.1) is 0 Å². The van der Waals surface area contributed by atoms with Gasteiger partial charge in [-0.3, -0.25) is 0 Å². The van der Waals surface area contributed by atoms with Crippen molar-refractivity contribution >= 4 is 18.3 Å². The summed E-state index contributed by atoms with van der Waals surface area (Å²) in [4.78, 5) is 1.90. The lowest BCUT2D eigenvalue weighted by atomic mass is 9.79. The van der Waals surface area contributed by atoms with Crippen LogP contribution in [0.15, 0.2) is 36.9 Å². The van der Waals surface area contributed by atoms with Crippen LogP contribution in [0.1, 0.15) is 0 Å². The number of benzene rings is 1. The molecule has 4 heteroatoms. The first-order valence-electron chi connectivity index (χ1n) is 4.44. The maximum Gasteiger partial charge on any atom is 0.490 e. The van der Waals surface area contributed by atoms with E-state index < -0.39 is 7.12 Å². The van der Waals surface area contributed by atoms with E-state index in [0.717, 1.165) is 5.69 Å². The van der Waals surface area contributed by atoms with E-state index in [-0.39, 0.29) is 0 Å². The fourth-order valence-corrected chi connectivity index (χ4v) is 1.35. The molecular formula is C10H14BNO2. The molecule has 0 spiro atoms. The summed E-state index contributed by atoms with van der Waals surface area (Å²) in [7, 11) is 0.446. The molecule has 0 aliphatic heterocycles. The van der Waals surface area contributed by atoms with Crippen LogP contribution in [0, 0.1) is 0 Å². The molecule has 0 fully saturated rings. The van der Waals surface area contributed by atoms with Crippen molar-refractivity contribution in [1.29, 1.82) is 0 Å². The molecule has 0 heterocycles. The zero-order valence-electron chi connectivity index (χ0n) is 8.22. The predicted molar refractivity (Wildman–Crippen MR) is 59.7 cm³/mol. The van der Waals surface area contributed by atoms with Crippen molar-refractivity contribution in [2.24, 2.45) is 0 Å². The van der Waals surface area contributed by atoms with E-state index >= 15 is 0 Å². The van der Waals surface area contributed by atoms with Crippen molar-refractivity contribution in [2.75, 3.05) is 18.5 Å². The van der Waals surface area contributed by atoms with Crippen molar-refractivity contribution in [1.82, 2.24) is 0 Å². The minimum absolute atomic E-state index is 0.511. The SMILES string of the molecule is C=CCN(C)c1ccccc1B(O)O. The Labute approximate surface area is 84.4 Å². The molecule has 0 bridgehead atoms. The highest BCUT2D eigenvalue weighted by Gasteiger charge is 2.16. The van der Waals surface area contributed by atoms with Gasteiger partial charge < -0.3 is 14.9 Å². The van der Waals surface area contributed by atoms with Crippen LogP contribution in [0.3, 0.4) is 0 Å². The van der Waals surface area contributed by atoms with Crippen LogP contribution in [-0.2, 0) is 0 Å². The third-order valence-electron chi connectivity index (χ3n) is 2.03. The van der Waals surface area contributed by atoms with E-state index in [9.17, 15) is 0 Å². The summed E-state index contributed by atoms with van der Waals surface area (Å²) < 4.78 is 0. The molecule has 0 radical (unpaired) electrons. The van der Waals surface area contributed by atoms with Crippen LogP contribution in [0.5, 0.6) is 0 Å². The smallest absolute Gasteiger partial charge is 0.423 e. The van der Waals surface area contributed by atoms with Gasteiger partial charge in [-0.2, -0.15) is 0 Å². The summed E-state index contributed by atoms with van der Waals surface area (Å²) in [6, 6.07) is 7.18. The van der Waals surface area contributed by atoms with E-state index in [1.54, 1.807) is 18.2 Å². The molecule has 0 aliphatic carbocycles. The molecule has 0 unspecified atom stereocenters. The third-order valence-corrected chi connectivity index (χ3v) is 2.03. The first kappa shape index (κ1) is 10.8. The second kappa shape index (κ2) is 4.84. The summed E-state index contributed by atoms with van der Waals surface area (Å²) in [6.07, 6.45) is 1.76. The van der Waals surface area contributed by atoms with Gasteiger partial charge in [0.1, 0.15) is 0 Å². The van der Waals surface area contributed by atoms with Crippen LogP contribution in [0.2, 0.25) is 0 Å². The van der Waals surface area contributed by atoms with E-state index in [0.29, 0.717) is 12.0 Å². The van der Waals surface area contributed by atoms with Crippen LogP contribution < -0.4 is 10.4 Å². The summed E-state index contributed by atoms with van der Waals surface area (Å²) in [5.41, 5.74) is 1.32. The number of nitrogens with zero attached hydrogens (tertiary/aromatic N) is 1. The molecule has 74 valence electrons. The molecule has 3 nitrogen and oxygen atoms in total. The normalized spacial score (nSPS) is 9.64. The van der Waals surface area contributed by atoms with Gasteiger partial charge in [0.15, 0.2) is 0 Å². The Morgan fingerprint density at radius 2 is 2.07 bits per heavy atom. The van der Waals surface area contributed by atoms with Crippen LogP contribution in [0.4, 0.5) is 5.69 Å². The topological polar surface area (TPSA) is 43.7 Å². The van der Waals surface area contributed by atoms with Crippen LogP contribution in [0.25, 0.3) is 0 Å². The van der Waals surface area contributed by atoms with Crippen molar-refractivity contribution in [3.63, 3.8) is 0 Å². The Morgan fingerprint density at radius 3 is 2.64 bits per heavy atom. The largest absolute Gasteiger partial charge is 0.490 e. The second-order valence-electron chi connectivity index (χ2n) is 3.10. The maximum absolute atomic E-state index is 9.12. The van der Waals surface area contributed by atoms with Crippen molar-refractivity contribution in [2.45, 2.75) is 0 Å². The molecule has 0 aliphatic rings. The highest BCUT2D eigenvalue weighted by Crippen LogP contribution is 2.08. The van der Waals surface area contributed by atoms with Gasteiger partial charge >= 0.3 is 7.12 Å². The molecule has 0 aromatic heterocycles. The second-order valence-corrected chi connectivity index (χ2v) is 3.10. The van der Waals surface area contributed by atoms with Gasteiger partial charge in [-0.15, -0.1) is 6.58 Å². The first-order valence-corrected chi connectivity index (χ1v) is 4.44. The summed E-state index contributed by atoms with van der Waals surface area (Å²) in [6.45, 7) is 4.30. The van der Waals surface area contributed by atoms with E-state index in [2.05, 4.69) is 6.58 Å². The number of hydrogen-bond donors (Lipinski definition) is 2. The average Bonchev–Trinajstić information content (AvgIpc) is 2.18. The molecule has 1 aromatic rings. The molecule has 1 rings (SSSR count). The average molecular weight is 191 g/mol. The van der Waals surface area contributed by atoms with Gasteiger partial charge in [0.2, 0.25) is 0 Å². The molecule has 0 atom stereocenters. The summed E-state index contributed by atoms with van der Waals surface area (Å²) in [5, 5.41) is 18.2. The fourth-order valence-electron chi connectivity index (χ4n) is 1.35. The Morgan fingerprint density at radius 1 is 1.43 bits per heavy atom. The molecular weight excluding hydrogens is 177 g/mol. The van der Waals surface area contributed by atoms with Crippen molar-refractivity contribution in [3.8, 4) is 0 Å². The van der Waals surface area contributed by atoms with Crippen molar-refractivity contribution < 1.29 is 10.0 Å². The fraction of sp³-hybridized carbons (Fsp3) is 0.200. The summed E-state index contributed by atoms with van der Waals surface area (Å²) >= 11 is 0. The molecule has 0 saturated carbocycles. The van der Waals surface area contributed by atoms with Gasteiger partial charge in [-0.05, 0) is 6.07 Å². The Bertz CT molecular complexity index is 315. The van der Waals surface area contributed by atoms with E-state index in [1.165, 1.54) is 0 Å². The van der Waals surface area contributed by atoms with E-state index in [1.807, 2.05) is 24.1 Å². The third kappa shape index (κ3) is 2.37. The number of likely N-dealkylation sites (N-methyl/N-ethyl adjacent to an activating group) is 1. The number of anilines is 1. The Balaban J connectivity index is 2.99.